The van der Waals surface area contributed by atoms with Gasteiger partial charge < -0.3 is 4.74 Å². The van der Waals surface area contributed by atoms with Crippen molar-refractivity contribution >= 4 is 5.97 Å². The van der Waals surface area contributed by atoms with Gasteiger partial charge in [-0.2, -0.15) is 0 Å². The lowest BCUT2D eigenvalue weighted by molar-refractivity contribution is -0.157. The maximum Gasteiger partial charge on any atom is 0.309 e. The van der Waals surface area contributed by atoms with Gasteiger partial charge in [0.2, 0.25) is 0 Å². The second-order valence-electron chi connectivity index (χ2n) is 10.2. The third-order valence-electron chi connectivity index (χ3n) is 8.12. The summed E-state index contributed by atoms with van der Waals surface area (Å²) in [6, 6.07) is 0. The van der Waals surface area contributed by atoms with Crippen molar-refractivity contribution in [2.45, 2.75) is 123 Å². The number of ether oxygens (including phenoxy) is 1. The van der Waals surface area contributed by atoms with E-state index < -0.39 is 0 Å². The van der Waals surface area contributed by atoms with E-state index in [0.29, 0.717) is 0 Å². The molecule has 0 aromatic rings. The Morgan fingerprint density at radius 3 is 1.96 bits per heavy atom. The van der Waals surface area contributed by atoms with E-state index in [4.69, 9.17) is 4.74 Å². The van der Waals surface area contributed by atoms with E-state index in [9.17, 15) is 4.79 Å². The van der Waals surface area contributed by atoms with Crippen molar-refractivity contribution in [3.63, 3.8) is 0 Å². The van der Waals surface area contributed by atoms with Gasteiger partial charge in [-0.3, -0.25) is 4.79 Å². The molecule has 0 spiro atoms. The van der Waals surface area contributed by atoms with Gasteiger partial charge in [-0.1, -0.05) is 52.4 Å². The van der Waals surface area contributed by atoms with Gasteiger partial charge in [0.25, 0.3) is 0 Å². The number of carbonyl (C=O) groups excluding carboxylic acids is 1. The van der Waals surface area contributed by atoms with Crippen molar-refractivity contribution in [2.75, 3.05) is 0 Å². The quantitative estimate of drug-likeness (QED) is 0.344. The third kappa shape index (κ3) is 6.50. The highest BCUT2D eigenvalue weighted by Gasteiger charge is 2.34. The average molecular weight is 377 g/mol. The van der Waals surface area contributed by atoms with Gasteiger partial charge in [0, 0.05) is 0 Å². The fourth-order valence-corrected chi connectivity index (χ4v) is 6.07. The molecule has 0 bridgehead atoms. The zero-order valence-corrected chi connectivity index (χ0v) is 18.1. The van der Waals surface area contributed by atoms with Gasteiger partial charge >= 0.3 is 5.97 Å². The molecule has 0 aliphatic heterocycles. The molecule has 0 unspecified atom stereocenters. The van der Waals surface area contributed by atoms with Crippen LogP contribution in [0.4, 0.5) is 0 Å². The highest BCUT2D eigenvalue weighted by Crippen LogP contribution is 2.42. The molecule has 3 aliphatic carbocycles. The maximum atomic E-state index is 12.6. The number of hydrogen-bond acceptors (Lipinski definition) is 2. The first-order valence-corrected chi connectivity index (χ1v) is 12.4. The number of carbonyl (C=O) groups is 1. The van der Waals surface area contributed by atoms with Gasteiger partial charge in [-0.25, -0.2) is 0 Å². The minimum Gasteiger partial charge on any atom is -0.462 e. The van der Waals surface area contributed by atoms with E-state index in [0.717, 1.165) is 49.4 Å². The van der Waals surface area contributed by atoms with Crippen molar-refractivity contribution in [2.24, 2.45) is 29.6 Å². The molecule has 0 heterocycles. The maximum absolute atomic E-state index is 12.6. The van der Waals surface area contributed by atoms with Crippen LogP contribution in [-0.4, -0.2) is 12.1 Å². The van der Waals surface area contributed by atoms with Gasteiger partial charge in [-0.05, 0) is 87.9 Å². The Labute approximate surface area is 168 Å². The van der Waals surface area contributed by atoms with Crippen molar-refractivity contribution in [3.05, 3.63) is 0 Å². The summed E-state index contributed by atoms with van der Waals surface area (Å²) in [5.41, 5.74) is 0. The third-order valence-corrected chi connectivity index (χ3v) is 8.12. The summed E-state index contributed by atoms with van der Waals surface area (Å²) in [5, 5.41) is 0. The topological polar surface area (TPSA) is 26.3 Å². The molecule has 0 amide bonds. The van der Waals surface area contributed by atoms with Crippen molar-refractivity contribution in [3.8, 4) is 0 Å². The first-order chi connectivity index (χ1) is 13.2. The van der Waals surface area contributed by atoms with E-state index in [1.165, 1.54) is 77.0 Å². The lowest BCUT2D eigenvalue weighted by Gasteiger charge is -2.37. The molecule has 0 aromatic heterocycles. The monoisotopic (exact) mass is 376 g/mol. The Balaban J connectivity index is 1.32. The number of hydrogen-bond donors (Lipinski definition) is 0. The van der Waals surface area contributed by atoms with Crippen molar-refractivity contribution in [1.29, 1.82) is 0 Å². The van der Waals surface area contributed by atoms with E-state index in [1.807, 2.05) is 0 Å². The molecule has 3 fully saturated rings. The first-order valence-electron chi connectivity index (χ1n) is 12.4. The molecule has 0 atom stereocenters. The summed E-state index contributed by atoms with van der Waals surface area (Å²) in [6.07, 6.45) is 21.1. The molecule has 0 N–H and O–H groups in total. The summed E-state index contributed by atoms with van der Waals surface area (Å²) in [6.45, 7) is 4.62. The second-order valence-corrected chi connectivity index (χ2v) is 10.2. The Morgan fingerprint density at radius 1 is 0.778 bits per heavy atom. The van der Waals surface area contributed by atoms with Crippen LogP contribution in [-0.2, 0) is 9.53 Å². The Kier molecular flexibility index (Phi) is 8.52. The van der Waals surface area contributed by atoms with Crippen LogP contribution in [0, 0.1) is 29.6 Å². The fraction of sp³-hybridized carbons (Fsp3) is 0.960. The zero-order valence-electron chi connectivity index (χ0n) is 18.1. The van der Waals surface area contributed by atoms with Crippen LogP contribution in [0.1, 0.15) is 117 Å². The van der Waals surface area contributed by atoms with Gasteiger partial charge in [0.1, 0.15) is 6.10 Å². The number of esters is 1. The highest BCUT2D eigenvalue weighted by molar-refractivity contribution is 5.72. The lowest BCUT2D eigenvalue weighted by atomic mass is 9.68. The predicted molar refractivity (Wildman–Crippen MR) is 113 cm³/mol. The van der Waals surface area contributed by atoms with E-state index in [-0.39, 0.29) is 18.0 Å². The van der Waals surface area contributed by atoms with Crippen LogP contribution < -0.4 is 0 Å². The lowest BCUT2D eigenvalue weighted by Crippen LogP contribution is -2.32. The molecule has 3 aliphatic rings. The fourth-order valence-electron chi connectivity index (χ4n) is 6.07. The Hall–Kier alpha value is -0.530. The van der Waals surface area contributed by atoms with Crippen molar-refractivity contribution < 1.29 is 9.53 Å². The molecule has 3 rings (SSSR count). The zero-order chi connectivity index (χ0) is 19.1. The van der Waals surface area contributed by atoms with E-state index >= 15 is 0 Å². The molecule has 0 saturated heterocycles. The smallest absolute Gasteiger partial charge is 0.309 e. The molecular weight excluding hydrogens is 332 g/mol. The predicted octanol–water partition coefficient (Wildman–Crippen LogP) is 7.30. The summed E-state index contributed by atoms with van der Waals surface area (Å²) >= 11 is 0. The minimum absolute atomic E-state index is 0.132. The first kappa shape index (κ1) is 21.2. The van der Waals surface area contributed by atoms with Crippen LogP contribution in [0.3, 0.4) is 0 Å². The molecule has 3 saturated carbocycles. The summed E-state index contributed by atoms with van der Waals surface area (Å²) in [4.78, 5) is 12.6. The average Bonchev–Trinajstić information content (AvgIpc) is 2.70. The Morgan fingerprint density at radius 2 is 1.37 bits per heavy atom. The summed E-state index contributed by atoms with van der Waals surface area (Å²) in [5.74, 6) is 4.00. The van der Waals surface area contributed by atoms with E-state index in [1.54, 1.807) is 0 Å². The molecule has 156 valence electrons. The summed E-state index contributed by atoms with van der Waals surface area (Å²) < 4.78 is 5.88. The van der Waals surface area contributed by atoms with Gasteiger partial charge in [-0.15, -0.1) is 0 Å². The molecule has 27 heavy (non-hydrogen) atoms. The number of unbranched alkanes of at least 4 members (excludes halogenated alkanes) is 2. The summed E-state index contributed by atoms with van der Waals surface area (Å²) in [7, 11) is 0. The van der Waals surface area contributed by atoms with E-state index in [2.05, 4.69) is 13.8 Å². The highest BCUT2D eigenvalue weighted by atomic mass is 16.5. The van der Waals surface area contributed by atoms with Crippen LogP contribution in [0.5, 0.6) is 0 Å². The normalized spacial score (nSPS) is 37.7. The Bertz CT molecular complexity index is 422. The SMILES string of the molecule is CCCCCC1CCC(C2CCC(C(=O)OC3CCC(C)CC3)CC2)CC1. The second kappa shape index (κ2) is 10.9. The molecule has 2 heteroatoms. The molecule has 0 radical (unpaired) electrons. The standard InChI is InChI=1S/C25H44O2/c1-3-4-5-6-20-9-11-21(12-10-20)22-13-15-23(16-14-22)25(26)27-24-17-7-19(2)8-18-24/h19-24H,3-18H2,1-2H3. The molecule has 2 nitrogen and oxygen atoms in total. The van der Waals surface area contributed by atoms with Crippen molar-refractivity contribution in [1.82, 2.24) is 0 Å². The largest absolute Gasteiger partial charge is 0.462 e. The van der Waals surface area contributed by atoms with Gasteiger partial charge in [0.15, 0.2) is 0 Å². The molecule has 0 aromatic carbocycles. The number of rotatable bonds is 7. The van der Waals surface area contributed by atoms with Crippen LogP contribution in [0.15, 0.2) is 0 Å². The van der Waals surface area contributed by atoms with Crippen LogP contribution in [0.2, 0.25) is 0 Å². The molecular formula is C25H44O2. The van der Waals surface area contributed by atoms with Crippen LogP contribution >= 0.6 is 0 Å². The minimum atomic E-state index is 0.132. The van der Waals surface area contributed by atoms with Gasteiger partial charge in [0.05, 0.1) is 5.92 Å². The van der Waals surface area contributed by atoms with Crippen LogP contribution in [0.25, 0.3) is 0 Å².